The van der Waals surface area contributed by atoms with Crippen molar-refractivity contribution in [3.8, 4) is 0 Å². The molecule has 1 heterocycles. The van der Waals surface area contributed by atoms with Gasteiger partial charge in [-0.3, -0.25) is 0 Å². The van der Waals surface area contributed by atoms with Crippen LogP contribution in [-0.4, -0.2) is 14.8 Å². The van der Waals surface area contributed by atoms with Crippen LogP contribution in [0.2, 0.25) is 0 Å². The number of hydrogen-bond donors (Lipinski definition) is 0. The van der Waals surface area contributed by atoms with Gasteiger partial charge in [-0.05, 0) is 12.3 Å². The lowest BCUT2D eigenvalue weighted by molar-refractivity contribution is 0.321. The zero-order valence-electron chi connectivity index (χ0n) is 7.63. The van der Waals surface area contributed by atoms with Gasteiger partial charge in [-0.15, -0.1) is 0 Å². The van der Waals surface area contributed by atoms with Gasteiger partial charge in [-0.25, -0.2) is 9.67 Å². The second kappa shape index (κ2) is 2.64. The summed E-state index contributed by atoms with van der Waals surface area (Å²) in [6, 6.07) is 0. The summed E-state index contributed by atoms with van der Waals surface area (Å²) in [6.07, 6.45) is 1.60. The molecule has 0 atom stereocenters. The fraction of sp³-hybridized carbons (Fsp3) is 0.750. The maximum Gasteiger partial charge on any atom is 0.138 e. The third kappa shape index (κ3) is 2.33. The summed E-state index contributed by atoms with van der Waals surface area (Å²) in [5.74, 6) is 0.986. The van der Waals surface area contributed by atoms with Crippen LogP contribution in [0.3, 0.4) is 0 Å². The molecule has 0 amide bonds. The van der Waals surface area contributed by atoms with Crippen LogP contribution in [0.1, 0.15) is 26.6 Å². The molecule has 1 aromatic rings. The Bertz CT molecular complexity index is 232. The lowest BCUT2D eigenvalue weighted by atomic mass is 9.97. The molecule has 11 heavy (non-hydrogen) atoms. The van der Waals surface area contributed by atoms with E-state index in [1.807, 2.05) is 11.6 Å². The van der Waals surface area contributed by atoms with Gasteiger partial charge < -0.3 is 0 Å². The highest BCUT2D eigenvalue weighted by atomic mass is 15.3. The molecule has 3 nitrogen and oxygen atoms in total. The topological polar surface area (TPSA) is 30.7 Å². The molecule has 3 heteroatoms. The minimum Gasteiger partial charge on any atom is -0.250 e. The van der Waals surface area contributed by atoms with E-state index < -0.39 is 0 Å². The van der Waals surface area contributed by atoms with E-state index in [0.29, 0.717) is 0 Å². The average molecular weight is 153 g/mol. The molecular formula is C8H15N3. The summed E-state index contributed by atoms with van der Waals surface area (Å²) < 4.78 is 1.93. The predicted molar refractivity (Wildman–Crippen MR) is 44.2 cm³/mol. The molecule has 0 N–H and O–H groups in total. The SMILES string of the molecule is Cc1ncnn1CC(C)(C)C. The first-order chi connectivity index (χ1) is 4.99. The first-order valence-electron chi connectivity index (χ1n) is 3.83. The molecule has 62 valence electrons. The van der Waals surface area contributed by atoms with Crippen molar-refractivity contribution in [2.75, 3.05) is 0 Å². The van der Waals surface area contributed by atoms with Gasteiger partial charge in [0.25, 0.3) is 0 Å². The number of nitrogens with zero attached hydrogens (tertiary/aromatic N) is 3. The first-order valence-corrected chi connectivity index (χ1v) is 3.83. The Kier molecular flexibility index (Phi) is 1.98. The van der Waals surface area contributed by atoms with Gasteiger partial charge in [0.1, 0.15) is 12.2 Å². The van der Waals surface area contributed by atoms with Gasteiger partial charge in [-0.1, -0.05) is 20.8 Å². The molecule has 0 aliphatic carbocycles. The Hall–Kier alpha value is -0.860. The molecule has 0 aromatic carbocycles. The zero-order chi connectivity index (χ0) is 8.48. The van der Waals surface area contributed by atoms with Crippen LogP contribution in [0.15, 0.2) is 6.33 Å². The monoisotopic (exact) mass is 153 g/mol. The van der Waals surface area contributed by atoms with Crippen molar-refractivity contribution in [3.63, 3.8) is 0 Å². The first kappa shape index (κ1) is 8.24. The quantitative estimate of drug-likeness (QED) is 0.614. The molecule has 1 rings (SSSR count). The maximum absolute atomic E-state index is 4.11. The zero-order valence-corrected chi connectivity index (χ0v) is 7.63. The third-order valence-electron chi connectivity index (χ3n) is 1.43. The van der Waals surface area contributed by atoms with Crippen molar-refractivity contribution in [3.05, 3.63) is 12.2 Å². The van der Waals surface area contributed by atoms with E-state index in [9.17, 15) is 0 Å². The van der Waals surface area contributed by atoms with Crippen molar-refractivity contribution >= 4 is 0 Å². The molecular weight excluding hydrogens is 138 g/mol. The molecule has 0 bridgehead atoms. The number of hydrogen-bond acceptors (Lipinski definition) is 2. The fourth-order valence-electron chi connectivity index (χ4n) is 0.926. The summed E-state index contributed by atoms with van der Waals surface area (Å²) in [4.78, 5) is 4.05. The second-order valence-corrected chi connectivity index (χ2v) is 4.03. The lowest BCUT2D eigenvalue weighted by Crippen LogP contribution is -2.17. The summed E-state index contributed by atoms with van der Waals surface area (Å²) in [7, 11) is 0. The van der Waals surface area contributed by atoms with Crippen molar-refractivity contribution < 1.29 is 0 Å². The summed E-state index contributed by atoms with van der Waals surface area (Å²) in [6.45, 7) is 9.47. The van der Waals surface area contributed by atoms with Gasteiger partial charge in [0.05, 0.1) is 0 Å². The van der Waals surface area contributed by atoms with Crippen molar-refractivity contribution in [1.29, 1.82) is 0 Å². The van der Waals surface area contributed by atoms with Gasteiger partial charge in [0, 0.05) is 6.54 Å². The molecule has 0 aliphatic heterocycles. The Balaban J connectivity index is 2.72. The van der Waals surface area contributed by atoms with Gasteiger partial charge in [-0.2, -0.15) is 5.10 Å². The van der Waals surface area contributed by atoms with Crippen LogP contribution in [0, 0.1) is 12.3 Å². The van der Waals surface area contributed by atoms with E-state index in [4.69, 9.17) is 0 Å². The lowest BCUT2D eigenvalue weighted by Gasteiger charge is -2.18. The van der Waals surface area contributed by atoms with Crippen LogP contribution in [-0.2, 0) is 6.54 Å². The Morgan fingerprint density at radius 2 is 2.09 bits per heavy atom. The normalized spacial score (nSPS) is 12.0. The van der Waals surface area contributed by atoms with Crippen LogP contribution in [0.25, 0.3) is 0 Å². The number of aryl methyl sites for hydroxylation is 1. The molecule has 1 aromatic heterocycles. The average Bonchev–Trinajstić information content (AvgIpc) is 2.12. The van der Waals surface area contributed by atoms with Gasteiger partial charge >= 0.3 is 0 Å². The van der Waals surface area contributed by atoms with E-state index in [1.54, 1.807) is 6.33 Å². The van der Waals surface area contributed by atoms with Crippen LogP contribution in [0.5, 0.6) is 0 Å². The third-order valence-corrected chi connectivity index (χ3v) is 1.43. The van der Waals surface area contributed by atoms with Gasteiger partial charge in [0.2, 0.25) is 0 Å². The Morgan fingerprint density at radius 3 is 2.45 bits per heavy atom. The number of rotatable bonds is 1. The highest BCUT2D eigenvalue weighted by Crippen LogP contribution is 2.15. The second-order valence-electron chi connectivity index (χ2n) is 4.03. The van der Waals surface area contributed by atoms with Crippen LogP contribution < -0.4 is 0 Å². The molecule has 0 saturated heterocycles. The summed E-state index contributed by atoms with van der Waals surface area (Å²) in [5.41, 5.74) is 0.276. The molecule has 0 aliphatic rings. The minimum atomic E-state index is 0.276. The summed E-state index contributed by atoms with van der Waals surface area (Å²) >= 11 is 0. The minimum absolute atomic E-state index is 0.276. The van der Waals surface area contributed by atoms with Crippen LogP contribution >= 0.6 is 0 Å². The van der Waals surface area contributed by atoms with Crippen molar-refractivity contribution in [2.45, 2.75) is 34.2 Å². The molecule has 0 spiro atoms. The predicted octanol–water partition coefficient (Wildman–Crippen LogP) is 1.63. The molecule has 0 unspecified atom stereocenters. The highest BCUT2D eigenvalue weighted by Gasteiger charge is 2.12. The van der Waals surface area contributed by atoms with E-state index in [0.717, 1.165) is 12.4 Å². The largest absolute Gasteiger partial charge is 0.250 e. The standard InChI is InChI=1S/C8H15N3/c1-7-9-6-10-11(7)5-8(2,3)4/h6H,5H2,1-4H3. The Labute approximate surface area is 67.4 Å². The smallest absolute Gasteiger partial charge is 0.138 e. The Morgan fingerprint density at radius 1 is 1.45 bits per heavy atom. The fourth-order valence-corrected chi connectivity index (χ4v) is 0.926. The van der Waals surface area contributed by atoms with E-state index >= 15 is 0 Å². The molecule has 0 radical (unpaired) electrons. The molecule has 0 saturated carbocycles. The van der Waals surface area contributed by atoms with E-state index in [2.05, 4.69) is 30.9 Å². The van der Waals surface area contributed by atoms with E-state index in [-0.39, 0.29) is 5.41 Å². The number of aromatic nitrogens is 3. The van der Waals surface area contributed by atoms with Crippen molar-refractivity contribution in [1.82, 2.24) is 14.8 Å². The van der Waals surface area contributed by atoms with Gasteiger partial charge in [0.15, 0.2) is 0 Å². The van der Waals surface area contributed by atoms with Crippen LogP contribution in [0.4, 0.5) is 0 Å². The summed E-state index contributed by atoms with van der Waals surface area (Å²) in [5, 5.41) is 4.11. The highest BCUT2D eigenvalue weighted by molar-refractivity contribution is 4.80. The maximum atomic E-state index is 4.11. The van der Waals surface area contributed by atoms with Crippen molar-refractivity contribution in [2.24, 2.45) is 5.41 Å². The molecule has 0 fully saturated rings. The van der Waals surface area contributed by atoms with E-state index in [1.165, 1.54) is 0 Å².